The van der Waals surface area contributed by atoms with E-state index in [9.17, 15) is 4.39 Å². The van der Waals surface area contributed by atoms with Crippen LogP contribution in [-0.4, -0.2) is 5.16 Å². The average molecular weight is 202 g/mol. The molecule has 0 saturated heterocycles. The zero-order chi connectivity index (χ0) is 10.7. The van der Waals surface area contributed by atoms with E-state index in [1.54, 1.807) is 18.2 Å². The molecule has 0 bridgehead atoms. The SMILES string of the molecule is [CH2]/C(F)=C/c1ccc(-c2ccon2)cc1. The van der Waals surface area contributed by atoms with Crippen molar-refractivity contribution >= 4 is 6.08 Å². The monoisotopic (exact) mass is 202 g/mol. The lowest BCUT2D eigenvalue weighted by atomic mass is 10.1. The Morgan fingerprint density at radius 1 is 1.27 bits per heavy atom. The summed E-state index contributed by atoms with van der Waals surface area (Å²) >= 11 is 0. The Morgan fingerprint density at radius 3 is 2.53 bits per heavy atom. The molecule has 2 nitrogen and oxygen atoms in total. The van der Waals surface area contributed by atoms with E-state index in [2.05, 4.69) is 12.1 Å². The average Bonchev–Trinajstić information content (AvgIpc) is 2.71. The molecule has 0 saturated carbocycles. The third-order valence-electron chi connectivity index (χ3n) is 1.97. The fourth-order valence-corrected chi connectivity index (χ4v) is 1.29. The summed E-state index contributed by atoms with van der Waals surface area (Å²) in [6, 6.07) is 9.08. The molecule has 0 amide bonds. The van der Waals surface area contributed by atoms with Crippen LogP contribution in [0.3, 0.4) is 0 Å². The van der Waals surface area contributed by atoms with Gasteiger partial charge in [-0.25, -0.2) is 4.39 Å². The van der Waals surface area contributed by atoms with Gasteiger partial charge in [-0.15, -0.1) is 0 Å². The second-order valence-corrected chi connectivity index (χ2v) is 3.10. The molecule has 2 rings (SSSR count). The van der Waals surface area contributed by atoms with Crippen molar-refractivity contribution < 1.29 is 8.91 Å². The molecule has 3 heteroatoms. The second kappa shape index (κ2) is 4.09. The molecule has 0 spiro atoms. The Labute approximate surface area is 87.0 Å². The quantitative estimate of drug-likeness (QED) is 0.745. The van der Waals surface area contributed by atoms with E-state index in [4.69, 9.17) is 4.52 Å². The van der Waals surface area contributed by atoms with Crippen molar-refractivity contribution in [1.82, 2.24) is 5.16 Å². The minimum Gasteiger partial charge on any atom is -0.364 e. The van der Waals surface area contributed by atoms with E-state index >= 15 is 0 Å². The van der Waals surface area contributed by atoms with Gasteiger partial charge in [0.1, 0.15) is 17.8 Å². The summed E-state index contributed by atoms with van der Waals surface area (Å²) in [5.41, 5.74) is 2.47. The third kappa shape index (κ3) is 2.31. The van der Waals surface area contributed by atoms with Crippen LogP contribution in [0.15, 0.2) is 46.9 Å². The maximum atomic E-state index is 12.5. The van der Waals surface area contributed by atoms with Crippen molar-refractivity contribution in [3.05, 3.63) is 54.9 Å². The molecule has 0 aliphatic rings. The summed E-state index contributed by atoms with van der Waals surface area (Å²) in [5, 5.41) is 3.80. The maximum Gasteiger partial charge on any atom is 0.124 e. The molecule has 75 valence electrons. The van der Waals surface area contributed by atoms with Crippen LogP contribution < -0.4 is 0 Å². The van der Waals surface area contributed by atoms with Gasteiger partial charge in [0.05, 0.1) is 0 Å². The number of hydrogen-bond acceptors (Lipinski definition) is 2. The van der Waals surface area contributed by atoms with Gasteiger partial charge in [-0.05, 0) is 11.6 Å². The molecular weight excluding hydrogens is 193 g/mol. The van der Waals surface area contributed by atoms with E-state index in [0.717, 1.165) is 16.8 Å². The lowest BCUT2D eigenvalue weighted by Crippen LogP contribution is -1.78. The zero-order valence-electron chi connectivity index (χ0n) is 7.98. The fraction of sp³-hybridized carbons (Fsp3) is 0. The summed E-state index contributed by atoms with van der Waals surface area (Å²) in [4.78, 5) is 0. The molecule has 1 heterocycles. The fourth-order valence-electron chi connectivity index (χ4n) is 1.29. The van der Waals surface area contributed by atoms with Gasteiger partial charge >= 0.3 is 0 Å². The Balaban J connectivity index is 2.29. The van der Waals surface area contributed by atoms with Crippen LogP contribution in [0.4, 0.5) is 4.39 Å². The first-order valence-corrected chi connectivity index (χ1v) is 4.46. The van der Waals surface area contributed by atoms with Crippen molar-refractivity contribution in [3.8, 4) is 11.3 Å². The Kier molecular flexibility index (Phi) is 2.63. The van der Waals surface area contributed by atoms with Crippen molar-refractivity contribution in [3.63, 3.8) is 0 Å². The first-order chi connectivity index (χ1) is 7.25. The van der Waals surface area contributed by atoms with Gasteiger partial charge in [0.25, 0.3) is 0 Å². The molecule has 2 aromatic rings. The van der Waals surface area contributed by atoms with E-state index in [1.807, 2.05) is 12.1 Å². The lowest BCUT2D eigenvalue weighted by Gasteiger charge is -1.96. The standard InChI is InChI=1S/C12H9FNO/c1-9(13)8-10-2-4-11(5-3-10)12-6-7-15-14-12/h2-8H,1H2/b9-8-. The van der Waals surface area contributed by atoms with Gasteiger partial charge in [0.2, 0.25) is 0 Å². The molecule has 1 aromatic heterocycles. The van der Waals surface area contributed by atoms with Crippen LogP contribution in [0.5, 0.6) is 0 Å². The molecule has 0 aliphatic carbocycles. The molecule has 1 aromatic carbocycles. The molecule has 0 aliphatic heterocycles. The third-order valence-corrected chi connectivity index (χ3v) is 1.97. The van der Waals surface area contributed by atoms with Gasteiger partial charge in [0.15, 0.2) is 0 Å². The number of rotatable bonds is 2. The van der Waals surface area contributed by atoms with E-state index in [-0.39, 0.29) is 0 Å². The second-order valence-electron chi connectivity index (χ2n) is 3.10. The van der Waals surface area contributed by atoms with Crippen molar-refractivity contribution in [2.75, 3.05) is 0 Å². The van der Waals surface area contributed by atoms with E-state index in [0.29, 0.717) is 0 Å². The first-order valence-electron chi connectivity index (χ1n) is 4.46. The summed E-state index contributed by atoms with van der Waals surface area (Å²) in [6.45, 7) is 3.17. The van der Waals surface area contributed by atoms with Gasteiger partial charge < -0.3 is 4.52 Å². The lowest BCUT2D eigenvalue weighted by molar-refractivity contribution is 0.422. The number of allylic oxidation sites excluding steroid dienone is 1. The maximum absolute atomic E-state index is 12.5. The van der Waals surface area contributed by atoms with Crippen molar-refractivity contribution in [2.24, 2.45) is 0 Å². The van der Waals surface area contributed by atoms with E-state index < -0.39 is 5.83 Å². The molecule has 0 N–H and O–H groups in total. The van der Waals surface area contributed by atoms with Crippen LogP contribution in [0.25, 0.3) is 17.3 Å². The summed E-state index contributed by atoms with van der Waals surface area (Å²) < 4.78 is 17.2. The largest absolute Gasteiger partial charge is 0.364 e. The van der Waals surface area contributed by atoms with Gasteiger partial charge in [-0.2, -0.15) is 0 Å². The first kappa shape index (κ1) is 9.65. The highest BCUT2D eigenvalue weighted by Crippen LogP contribution is 2.18. The molecule has 0 unspecified atom stereocenters. The highest BCUT2D eigenvalue weighted by atomic mass is 19.1. The Hall–Kier alpha value is -1.90. The van der Waals surface area contributed by atoms with Gasteiger partial charge in [-0.3, -0.25) is 0 Å². The van der Waals surface area contributed by atoms with E-state index in [1.165, 1.54) is 12.3 Å². The highest BCUT2D eigenvalue weighted by Gasteiger charge is 1.99. The smallest absolute Gasteiger partial charge is 0.124 e. The van der Waals surface area contributed by atoms with Crippen molar-refractivity contribution in [1.29, 1.82) is 0 Å². The van der Waals surface area contributed by atoms with Crippen molar-refractivity contribution in [2.45, 2.75) is 0 Å². The molecule has 15 heavy (non-hydrogen) atoms. The topological polar surface area (TPSA) is 26.0 Å². The van der Waals surface area contributed by atoms with Gasteiger partial charge in [-0.1, -0.05) is 29.4 Å². The van der Waals surface area contributed by atoms with Crippen LogP contribution in [0.2, 0.25) is 0 Å². The Morgan fingerprint density at radius 2 is 2.00 bits per heavy atom. The normalized spacial score (nSPS) is 11.7. The van der Waals surface area contributed by atoms with Crippen LogP contribution in [0, 0.1) is 6.92 Å². The minimum absolute atomic E-state index is 0.454. The predicted octanol–water partition coefficient (Wildman–Crippen LogP) is 3.49. The number of aromatic nitrogens is 1. The summed E-state index contributed by atoms with van der Waals surface area (Å²) in [6.07, 6.45) is 2.88. The highest BCUT2D eigenvalue weighted by molar-refractivity contribution is 5.62. The number of benzene rings is 1. The molecule has 1 radical (unpaired) electrons. The predicted molar refractivity (Wildman–Crippen MR) is 56.4 cm³/mol. The van der Waals surface area contributed by atoms with Crippen LogP contribution >= 0.6 is 0 Å². The number of halogens is 1. The number of hydrogen-bond donors (Lipinski definition) is 0. The zero-order valence-corrected chi connectivity index (χ0v) is 7.98. The minimum atomic E-state index is -0.454. The summed E-state index contributed by atoms with van der Waals surface area (Å²) in [5.74, 6) is -0.454. The Bertz CT molecular complexity index is 453. The molecule has 0 fully saturated rings. The number of nitrogens with zero attached hydrogens (tertiary/aromatic N) is 1. The van der Waals surface area contributed by atoms with Crippen LogP contribution in [0.1, 0.15) is 5.56 Å². The van der Waals surface area contributed by atoms with Gasteiger partial charge in [0, 0.05) is 18.6 Å². The van der Waals surface area contributed by atoms with Crippen LogP contribution in [-0.2, 0) is 0 Å². The molecular formula is C12H9FNO. The summed E-state index contributed by atoms with van der Waals surface area (Å²) in [7, 11) is 0. The molecule has 0 atom stereocenters.